The zero-order valence-corrected chi connectivity index (χ0v) is 15.4. The molecule has 0 bridgehead atoms. The van der Waals surface area contributed by atoms with Gasteiger partial charge in [0.15, 0.2) is 0 Å². The maximum absolute atomic E-state index is 12.7. The molecule has 0 fully saturated rings. The first-order chi connectivity index (χ1) is 10.6. The Morgan fingerprint density at radius 1 is 1.13 bits per heavy atom. The molecule has 7 nitrogen and oxygen atoms in total. The Morgan fingerprint density at radius 3 is 2.22 bits per heavy atom. The minimum absolute atomic E-state index is 0.177. The molecular formula is C15H27N2O5P. The van der Waals surface area contributed by atoms with Gasteiger partial charge in [-0.2, -0.15) is 0 Å². The molecule has 0 saturated heterocycles. The Morgan fingerprint density at radius 2 is 1.70 bits per heavy atom. The average molecular weight is 346 g/mol. The molecule has 132 valence electrons. The van der Waals surface area contributed by atoms with Gasteiger partial charge in [-0.15, -0.1) is 0 Å². The molecule has 1 aromatic heterocycles. The molecule has 23 heavy (non-hydrogen) atoms. The Kier molecular flexibility index (Phi) is 7.45. The SMILES string of the molecule is Cc1cn(CCCCP(=O)(OC(C)C)OC(C)C)c(=O)[nH]c1=O. The Labute approximate surface area is 136 Å². The zero-order chi connectivity index (χ0) is 17.6. The van der Waals surface area contributed by atoms with Crippen LogP contribution in [0, 0.1) is 6.92 Å². The van der Waals surface area contributed by atoms with Crippen LogP contribution in [-0.2, 0) is 20.2 Å². The molecule has 1 heterocycles. The van der Waals surface area contributed by atoms with Crippen LogP contribution < -0.4 is 11.2 Å². The Bertz CT molecular complexity index is 649. The lowest BCUT2D eigenvalue weighted by Gasteiger charge is -2.22. The number of nitrogens with zero attached hydrogens (tertiary/aromatic N) is 1. The van der Waals surface area contributed by atoms with Gasteiger partial charge in [0.2, 0.25) is 0 Å². The number of rotatable bonds is 9. The van der Waals surface area contributed by atoms with Crippen molar-refractivity contribution in [2.24, 2.45) is 0 Å². The first kappa shape index (κ1) is 19.9. The second-order valence-corrected chi connectivity index (χ2v) is 8.21. The summed E-state index contributed by atoms with van der Waals surface area (Å²) in [5.41, 5.74) is -0.311. The van der Waals surface area contributed by atoms with Gasteiger partial charge in [-0.1, -0.05) is 0 Å². The first-order valence-electron chi connectivity index (χ1n) is 7.89. The molecule has 8 heteroatoms. The van der Waals surface area contributed by atoms with Gasteiger partial charge in [0, 0.05) is 18.3 Å². The van der Waals surface area contributed by atoms with E-state index < -0.39 is 13.3 Å². The lowest BCUT2D eigenvalue weighted by Crippen LogP contribution is -2.30. The molecule has 1 rings (SSSR count). The summed E-state index contributed by atoms with van der Waals surface area (Å²) in [7, 11) is -3.13. The van der Waals surface area contributed by atoms with Crippen molar-refractivity contribution in [1.29, 1.82) is 0 Å². The van der Waals surface area contributed by atoms with Crippen LogP contribution in [0.15, 0.2) is 15.8 Å². The van der Waals surface area contributed by atoms with E-state index in [9.17, 15) is 14.2 Å². The third kappa shape index (κ3) is 6.85. The highest BCUT2D eigenvalue weighted by molar-refractivity contribution is 7.53. The predicted octanol–water partition coefficient (Wildman–Crippen LogP) is 2.67. The van der Waals surface area contributed by atoms with E-state index in [0.717, 1.165) is 0 Å². The molecule has 0 spiro atoms. The van der Waals surface area contributed by atoms with Crippen LogP contribution in [0.4, 0.5) is 0 Å². The van der Waals surface area contributed by atoms with E-state index in [4.69, 9.17) is 9.05 Å². The van der Waals surface area contributed by atoms with Crippen LogP contribution in [0.25, 0.3) is 0 Å². The molecule has 0 aliphatic rings. The summed E-state index contributed by atoms with van der Waals surface area (Å²) in [4.78, 5) is 25.3. The van der Waals surface area contributed by atoms with Crippen LogP contribution in [-0.4, -0.2) is 27.9 Å². The molecule has 0 aromatic carbocycles. The number of hydrogen-bond acceptors (Lipinski definition) is 5. The Hall–Kier alpha value is -1.17. The van der Waals surface area contributed by atoms with Gasteiger partial charge in [0.25, 0.3) is 5.56 Å². The minimum atomic E-state index is -3.13. The summed E-state index contributed by atoms with van der Waals surface area (Å²) in [5, 5.41) is 0. The molecule has 1 aromatic rings. The van der Waals surface area contributed by atoms with E-state index in [0.29, 0.717) is 31.1 Å². The van der Waals surface area contributed by atoms with E-state index in [1.54, 1.807) is 6.92 Å². The highest BCUT2D eigenvalue weighted by Gasteiger charge is 2.26. The summed E-state index contributed by atoms with van der Waals surface area (Å²) in [6.45, 7) is 9.37. The van der Waals surface area contributed by atoms with Gasteiger partial charge in [0.05, 0.1) is 18.4 Å². The van der Waals surface area contributed by atoms with Crippen molar-refractivity contribution in [2.75, 3.05) is 6.16 Å². The normalized spacial score (nSPS) is 12.3. The largest absolute Gasteiger partial charge is 0.331 e. The number of aryl methyl sites for hydroxylation is 2. The summed E-state index contributed by atoms with van der Waals surface area (Å²) in [6, 6.07) is 0. The van der Waals surface area contributed by atoms with Crippen LogP contribution in [0.3, 0.4) is 0 Å². The molecule has 0 saturated carbocycles. The van der Waals surface area contributed by atoms with Crippen molar-refractivity contribution in [2.45, 2.75) is 66.2 Å². The number of aromatic nitrogens is 2. The smallest absolute Gasteiger partial charge is 0.306 e. The second-order valence-electron chi connectivity index (χ2n) is 6.11. The fourth-order valence-electron chi connectivity index (χ4n) is 2.14. The number of H-pyrrole nitrogens is 1. The summed E-state index contributed by atoms with van der Waals surface area (Å²) in [5.74, 6) is 0. The van der Waals surface area contributed by atoms with Crippen LogP contribution in [0.2, 0.25) is 0 Å². The van der Waals surface area contributed by atoms with Crippen molar-refractivity contribution in [3.8, 4) is 0 Å². The van der Waals surface area contributed by atoms with Crippen LogP contribution >= 0.6 is 7.60 Å². The van der Waals surface area contributed by atoms with Crippen molar-refractivity contribution in [3.63, 3.8) is 0 Å². The number of aromatic amines is 1. The zero-order valence-electron chi connectivity index (χ0n) is 14.5. The van der Waals surface area contributed by atoms with Gasteiger partial charge >= 0.3 is 13.3 Å². The van der Waals surface area contributed by atoms with E-state index in [-0.39, 0.29) is 17.8 Å². The average Bonchev–Trinajstić information content (AvgIpc) is 2.38. The van der Waals surface area contributed by atoms with Crippen molar-refractivity contribution in [1.82, 2.24) is 9.55 Å². The maximum Gasteiger partial charge on any atom is 0.331 e. The van der Waals surface area contributed by atoms with Gasteiger partial charge < -0.3 is 13.6 Å². The quantitative estimate of drug-likeness (QED) is 0.548. The molecule has 0 amide bonds. The van der Waals surface area contributed by atoms with E-state index in [1.165, 1.54) is 10.8 Å². The number of unbranched alkanes of at least 4 members (excludes halogenated alkanes) is 1. The number of nitrogens with one attached hydrogen (secondary N) is 1. The molecule has 0 aliphatic heterocycles. The first-order valence-corrected chi connectivity index (χ1v) is 9.62. The standard InChI is InChI=1S/C15H27N2O5P/c1-11(2)21-23(20,22-12(3)4)9-7-6-8-17-10-13(5)14(18)16-15(17)19/h10-12H,6-9H2,1-5H3,(H,16,18,19). The fraction of sp³-hybridized carbons (Fsp3) is 0.733. The highest BCUT2D eigenvalue weighted by Crippen LogP contribution is 2.51. The number of hydrogen-bond donors (Lipinski definition) is 1. The van der Waals surface area contributed by atoms with Gasteiger partial charge in [0.1, 0.15) is 0 Å². The van der Waals surface area contributed by atoms with Gasteiger partial charge in [-0.3, -0.25) is 14.3 Å². The molecule has 0 radical (unpaired) electrons. The third-order valence-electron chi connectivity index (χ3n) is 3.01. The minimum Gasteiger partial charge on any atom is -0.306 e. The molecular weight excluding hydrogens is 319 g/mol. The van der Waals surface area contributed by atoms with Gasteiger partial charge in [-0.05, 0) is 47.5 Å². The van der Waals surface area contributed by atoms with E-state index >= 15 is 0 Å². The maximum atomic E-state index is 12.7. The fourth-order valence-corrected chi connectivity index (χ4v) is 4.30. The topological polar surface area (TPSA) is 90.4 Å². The molecule has 1 N–H and O–H groups in total. The lowest BCUT2D eigenvalue weighted by atomic mass is 10.3. The predicted molar refractivity (Wildman–Crippen MR) is 90.2 cm³/mol. The highest BCUT2D eigenvalue weighted by atomic mass is 31.2. The second kappa shape index (κ2) is 8.62. The molecule has 0 unspecified atom stereocenters. The van der Waals surface area contributed by atoms with Crippen LogP contribution in [0.1, 0.15) is 46.1 Å². The monoisotopic (exact) mass is 346 g/mol. The van der Waals surface area contributed by atoms with Crippen LogP contribution in [0.5, 0.6) is 0 Å². The summed E-state index contributed by atoms with van der Waals surface area (Å²) >= 11 is 0. The third-order valence-corrected chi connectivity index (χ3v) is 5.36. The van der Waals surface area contributed by atoms with Gasteiger partial charge in [-0.25, -0.2) is 4.79 Å². The lowest BCUT2D eigenvalue weighted by molar-refractivity contribution is 0.142. The Balaban J connectivity index is 2.61. The molecule has 0 atom stereocenters. The van der Waals surface area contributed by atoms with Crippen molar-refractivity contribution >= 4 is 7.60 Å². The summed E-state index contributed by atoms with van der Waals surface area (Å²) in [6.07, 6.45) is 2.73. The van der Waals surface area contributed by atoms with E-state index in [2.05, 4.69) is 4.98 Å². The van der Waals surface area contributed by atoms with Crippen molar-refractivity contribution < 1.29 is 13.6 Å². The summed E-state index contributed by atoms with van der Waals surface area (Å²) < 4.78 is 25.1. The molecule has 0 aliphatic carbocycles. The van der Waals surface area contributed by atoms with E-state index in [1.807, 2.05) is 27.7 Å². The van der Waals surface area contributed by atoms with Crippen molar-refractivity contribution in [3.05, 3.63) is 32.6 Å².